The second kappa shape index (κ2) is 11.5. The predicted molar refractivity (Wildman–Crippen MR) is 116 cm³/mol. The average molecular weight is 386 g/mol. The zero-order valence-electron chi connectivity index (χ0n) is 18.0. The van der Waals surface area contributed by atoms with Crippen molar-refractivity contribution in [1.29, 1.82) is 0 Å². The van der Waals surface area contributed by atoms with Crippen molar-refractivity contribution in [3.63, 3.8) is 0 Å². The van der Waals surface area contributed by atoms with Crippen LogP contribution in [-0.4, -0.2) is 42.0 Å². The Morgan fingerprint density at radius 1 is 1.21 bits per heavy atom. The first kappa shape index (κ1) is 22.0. The molecule has 0 fully saturated rings. The smallest absolute Gasteiger partial charge is 0.191 e. The number of aliphatic imine (C=N–C) groups is 1. The monoisotopic (exact) mass is 385 g/mol. The highest BCUT2D eigenvalue weighted by atomic mass is 16.5. The highest BCUT2D eigenvalue weighted by Gasteiger charge is 2.09. The molecule has 6 nitrogen and oxygen atoms in total. The van der Waals surface area contributed by atoms with Gasteiger partial charge in [0.1, 0.15) is 0 Å². The van der Waals surface area contributed by atoms with Crippen molar-refractivity contribution in [2.45, 2.75) is 40.7 Å². The van der Waals surface area contributed by atoms with Crippen molar-refractivity contribution in [3.8, 4) is 0 Å². The number of ether oxygens (including phenoxy) is 1. The molecule has 0 radical (unpaired) electrons. The van der Waals surface area contributed by atoms with Crippen molar-refractivity contribution >= 4 is 5.96 Å². The molecule has 2 aromatic rings. The van der Waals surface area contributed by atoms with Gasteiger partial charge in [0.05, 0.1) is 18.9 Å². The van der Waals surface area contributed by atoms with E-state index in [1.165, 1.54) is 16.8 Å². The standard InChI is InChI=1S/C22H35N5O/c1-6-23-22(24-13-12-21-18(3)26-27(5)19(21)4)25-14-17(2)15-28-16-20-10-8-7-9-11-20/h7-11,17H,6,12-16H2,1-5H3,(H2,23,24,25). The number of benzene rings is 1. The predicted octanol–water partition coefficient (Wildman–Crippen LogP) is 2.99. The Labute approximate surface area is 169 Å². The Balaban J connectivity index is 1.75. The summed E-state index contributed by atoms with van der Waals surface area (Å²) in [7, 11) is 1.99. The molecule has 1 aromatic heterocycles. The summed E-state index contributed by atoms with van der Waals surface area (Å²) in [5, 5.41) is 11.2. The number of aromatic nitrogens is 2. The molecule has 6 heteroatoms. The first-order valence-electron chi connectivity index (χ1n) is 10.1. The largest absolute Gasteiger partial charge is 0.376 e. The summed E-state index contributed by atoms with van der Waals surface area (Å²) in [6.45, 7) is 12.2. The topological polar surface area (TPSA) is 63.5 Å². The van der Waals surface area contributed by atoms with E-state index >= 15 is 0 Å². The molecule has 28 heavy (non-hydrogen) atoms. The Hall–Kier alpha value is -2.34. The third-order valence-electron chi connectivity index (χ3n) is 4.75. The van der Waals surface area contributed by atoms with Gasteiger partial charge in [-0.05, 0) is 44.2 Å². The van der Waals surface area contributed by atoms with Crippen molar-refractivity contribution < 1.29 is 4.74 Å². The zero-order chi connectivity index (χ0) is 20.4. The summed E-state index contributed by atoms with van der Waals surface area (Å²) in [5.74, 6) is 1.22. The molecule has 1 heterocycles. The third-order valence-corrected chi connectivity index (χ3v) is 4.75. The normalized spacial score (nSPS) is 12.8. The lowest BCUT2D eigenvalue weighted by Gasteiger charge is -2.14. The molecule has 0 aliphatic heterocycles. The van der Waals surface area contributed by atoms with Crippen LogP contribution in [0.1, 0.15) is 36.4 Å². The molecular formula is C22H35N5O. The molecule has 0 aliphatic rings. The molecule has 0 spiro atoms. The Bertz CT molecular complexity index is 739. The summed E-state index contributed by atoms with van der Waals surface area (Å²) in [6, 6.07) is 10.3. The van der Waals surface area contributed by atoms with E-state index in [1.54, 1.807) is 0 Å². The molecule has 2 rings (SSSR count). The summed E-state index contributed by atoms with van der Waals surface area (Å²) < 4.78 is 7.77. The van der Waals surface area contributed by atoms with E-state index in [1.807, 2.05) is 29.9 Å². The molecule has 1 unspecified atom stereocenters. The minimum absolute atomic E-state index is 0.363. The van der Waals surface area contributed by atoms with Gasteiger partial charge in [-0.1, -0.05) is 37.3 Å². The van der Waals surface area contributed by atoms with Crippen LogP contribution in [0, 0.1) is 19.8 Å². The molecule has 0 aliphatic carbocycles. The fourth-order valence-electron chi connectivity index (χ4n) is 3.08. The molecule has 0 bridgehead atoms. The van der Waals surface area contributed by atoms with Crippen LogP contribution < -0.4 is 10.6 Å². The van der Waals surface area contributed by atoms with Crippen molar-refractivity contribution in [2.75, 3.05) is 26.2 Å². The van der Waals surface area contributed by atoms with Gasteiger partial charge in [0.2, 0.25) is 0 Å². The Kier molecular flexibility index (Phi) is 9.01. The van der Waals surface area contributed by atoms with Gasteiger partial charge in [0.15, 0.2) is 5.96 Å². The molecule has 2 N–H and O–H groups in total. The zero-order valence-corrected chi connectivity index (χ0v) is 18.0. The van der Waals surface area contributed by atoms with Crippen LogP contribution in [0.15, 0.2) is 35.3 Å². The minimum Gasteiger partial charge on any atom is -0.376 e. The SMILES string of the molecule is CCNC(=NCC(C)COCc1ccccc1)NCCc1c(C)nn(C)c1C. The van der Waals surface area contributed by atoms with Gasteiger partial charge < -0.3 is 15.4 Å². The fraction of sp³-hybridized carbons (Fsp3) is 0.545. The first-order valence-corrected chi connectivity index (χ1v) is 10.1. The van der Waals surface area contributed by atoms with Crippen LogP contribution >= 0.6 is 0 Å². The van der Waals surface area contributed by atoms with E-state index in [9.17, 15) is 0 Å². The van der Waals surface area contributed by atoms with Gasteiger partial charge in [-0.15, -0.1) is 0 Å². The van der Waals surface area contributed by atoms with Gasteiger partial charge in [-0.2, -0.15) is 5.10 Å². The summed E-state index contributed by atoms with van der Waals surface area (Å²) in [6.07, 6.45) is 0.936. The van der Waals surface area contributed by atoms with Crippen LogP contribution in [0.5, 0.6) is 0 Å². The van der Waals surface area contributed by atoms with Crippen LogP contribution in [0.4, 0.5) is 0 Å². The number of hydrogen-bond donors (Lipinski definition) is 2. The molecule has 0 saturated carbocycles. The summed E-state index contributed by atoms with van der Waals surface area (Å²) in [5.41, 5.74) is 4.85. The number of hydrogen-bond acceptors (Lipinski definition) is 3. The van der Waals surface area contributed by atoms with E-state index in [0.29, 0.717) is 19.1 Å². The van der Waals surface area contributed by atoms with Gasteiger partial charge in [-0.25, -0.2) is 0 Å². The van der Waals surface area contributed by atoms with E-state index in [-0.39, 0.29) is 0 Å². The number of guanidine groups is 1. The lowest BCUT2D eigenvalue weighted by Crippen LogP contribution is -2.38. The van der Waals surface area contributed by atoms with Gasteiger partial charge in [0.25, 0.3) is 0 Å². The summed E-state index contributed by atoms with van der Waals surface area (Å²) in [4.78, 5) is 4.71. The van der Waals surface area contributed by atoms with Crippen LogP contribution in [0.25, 0.3) is 0 Å². The lowest BCUT2D eigenvalue weighted by molar-refractivity contribution is 0.0945. The van der Waals surface area contributed by atoms with E-state index < -0.39 is 0 Å². The maximum absolute atomic E-state index is 5.82. The number of rotatable bonds is 10. The highest BCUT2D eigenvalue weighted by Crippen LogP contribution is 2.11. The van der Waals surface area contributed by atoms with Crippen molar-refractivity contribution in [2.24, 2.45) is 18.0 Å². The van der Waals surface area contributed by atoms with E-state index in [4.69, 9.17) is 9.73 Å². The minimum atomic E-state index is 0.363. The number of nitrogens with one attached hydrogen (secondary N) is 2. The summed E-state index contributed by atoms with van der Waals surface area (Å²) >= 11 is 0. The second-order valence-electron chi connectivity index (χ2n) is 7.28. The van der Waals surface area contributed by atoms with Crippen LogP contribution in [-0.2, 0) is 24.8 Å². The lowest BCUT2D eigenvalue weighted by atomic mass is 10.1. The third kappa shape index (κ3) is 7.00. The van der Waals surface area contributed by atoms with Crippen molar-refractivity contribution in [3.05, 3.63) is 52.8 Å². The number of aryl methyl sites for hydroxylation is 2. The van der Waals surface area contributed by atoms with Crippen molar-refractivity contribution in [1.82, 2.24) is 20.4 Å². The maximum Gasteiger partial charge on any atom is 0.191 e. The van der Waals surface area contributed by atoms with Gasteiger partial charge >= 0.3 is 0 Å². The van der Waals surface area contributed by atoms with Gasteiger partial charge in [0, 0.05) is 32.4 Å². The first-order chi connectivity index (χ1) is 13.5. The average Bonchev–Trinajstić information content (AvgIpc) is 2.93. The molecule has 0 saturated heterocycles. The maximum atomic E-state index is 5.82. The van der Waals surface area contributed by atoms with E-state index in [0.717, 1.165) is 37.7 Å². The quantitative estimate of drug-likeness (QED) is 0.487. The van der Waals surface area contributed by atoms with E-state index in [2.05, 4.69) is 55.6 Å². The van der Waals surface area contributed by atoms with Crippen LogP contribution in [0.2, 0.25) is 0 Å². The Morgan fingerprint density at radius 3 is 2.61 bits per heavy atom. The molecule has 1 aromatic carbocycles. The Morgan fingerprint density at radius 2 is 1.96 bits per heavy atom. The fourth-order valence-corrected chi connectivity index (χ4v) is 3.08. The number of nitrogens with zero attached hydrogens (tertiary/aromatic N) is 3. The molecule has 1 atom stereocenters. The molecular weight excluding hydrogens is 350 g/mol. The van der Waals surface area contributed by atoms with Crippen LogP contribution in [0.3, 0.4) is 0 Å². The molecule has 0 amide bonds. The van der Waals surface area contributed by atoms with Gasteiger partial charge in [-0.3, -0.25) is 9.67 Å². The highest BCUT2D eigenvalue weighted by molar-refractivity contribution is 5.79. The second-order valence-corrected chi connectivity index (χ2v) is 7.28. The molecule has 154 valence electrons.